The molecule has 32 heavy (non-hydrogen) atoms. The van der Waals surface area contributed by atoms with E-state index in [9.17, 15) is 10.2 Å². The highest BCUT2D eigenvalue weighted by molar-refractivity contribution is 5.15. The van der Waals surface area contributed by atoms with Crippen LogP contribution in [0.1, 0.15) is 43.2 Å². The zero-order valence-corrected chi connectivity index (χ0v) is 18.2. The third-order valence-electron chi connectivity index (χ3n) is 6.88. The molecular formula is C26H32O6. The molecule has 172 valence electrons. The first-order valence-electron chi connectivity index (χ1n) is 11.7. The van der Waals surface area contributed by atoms with Crippen LogP contribution in [0.5, 0.6) is 0 Å². The summed E-state index contributed by atoms with van der Waals surface area (Å²) in [6, 6.07) is 19.6. The number of ether oxygens (including phenoxy) is 4. The standard InChI is InChI=1S/C26H32O6/c27-20-21(28)23(30-17-19-12-6-2-7-13-19)25-24(31-26(32-25)14-8-3-9-15-26)22(20)29-16-18-10-4-1-5-11-18/h1-2,4-7,10-13,20-25,27-28H,3,8-9,14-17H2/t20-,21+,22-,23-,24+,25+/m0/s1. The van der Waals surface area contributed by atoms with Crippen molar-refractivity contribution in [3.8, 4) is 0 Å². The molecule has 2 aromatic rings. The predicted octanol–water partition coefficient (Wildman–Crippen LogP) is 3.34. The fraction of sp³-hybridized carbons (Fsp3) is 0.538. The van der Waals surface area contributed by atoms with Gasteiger partial charge >= 0.3 is 0 Å². The maximum Gasteiger partial charge on any atom is 0.169 e. The lowest BCUT2D eigenvalue weighted by molar-refractivity contribution is -0.223. The molecule has 0 aromatic heterocycles. The van der Waals surface area contributed by atoms with Crippen molar-refractivity contribution in [2.24, 2.45) is 0 Å². The van der Waals surface area contributed by atoms with Gasteiger partial charge in [-0.15, -0.1) is 0 Å². The van der Waals surface area contributed by atoms with Gasteiger partial charge < -0.3 is 29.2 Å². The Labute approximate surface area is 189 Å². The van der Waals surface area contributed by atoms with Crippen molar-refractivity contribution < 1.29 is 29.2 Å². The molecule has 0 radical (unpaired) electrons. The molecule has 1 heterocycles. The van der Waals surface area contributed by atoms with Crippen molar-refractivity contribution in [1.82, 2.24) is 0 Å². The van der Waals surface area contributed by atoms with Crippen molar-refractivity contribution in [2.75, 3.05) is 0 Å². The summed E-state index contributed by atoms with van der Waals surface area (Å²) in [5.41, 5.74) is 2.00. The van der Waals surface area contributed by atoms with E-state index >= 15 is 0 Å². The maximum absolute atomic E-state index is 11.0. The number of aliphatic hydroxyl groups excluding tert-OH is 2. The van der Waals surface area contributed by atoms with Crippen LogP contribution in [0.4, 0.5) is 0 Å². The minimum absolute atomic E-state index is 0.324. The maximum atomic E-state index is 11.0. The minimum atomic E-state index is -1.14. The van der Waals surface area contributed by atoms with E-state index in [2.05, 4.69) is 0 Å². The smallest absolute Gasteiger partial charge is 0.169 e. The van der Waals surface area contributed by atoms with Gasteiger partial charge in [-0.25, -0.2) is 0 Å². The van der Waals surface area contributed by atoms with Crippen molar-refractivity contribution in [1.29, 1.82) is 0 Å². The number of hydrogen-bond acceptors (Lipinski definition) is 6. The van der Waals surface area contributed by atoms with Gasteiger partial charge in [-0.3, -0.25) is 0 Å². The quantitative estimate of drug-likeness (QED) is 0.718. The van der Waals surface area contributed by atoms with Gasteiger partial charge in [0.2, 0.25) is 0 Å². The Morgan fingerprint density at radius 1 is 0.688 bits per heavy atom. The highest BCUT2D eigenvalue weighted by Gasteiger charge is 2.61. The highest BCUT2D eigenvalue weighted by atomic mass is 16.8. The van der Waals surface area contributed by atoms with Crippen molar-refractivity contribution in [3.05, 3.63) is 71.8 Å². The Kier molecular flexibility index (Phi) is 6.60. The molecule has 0 bridgehead atoms. The molecule has 0 amide bonds. The van der Waals surface area contributed by atoms with Gasteiger partial charge in [-0.05, 0) is 24.0 Å². The molecule has 2 N–H and O–H groups in total. The highest BCUT2D eigenvalue weighted by Crippen LogP contribution is 2.46. The Morgan fingerprint density at radius 3 is 1.56 bits per heavy atom. The average molecular weight is 441 g/mol. The third kappa shape index (κ3) is 4.49. The van der Waals surface area contributed by atoms with E-state index < -0.39 is 42.4 Å². The zero-order valence-electron chi connectivity index (χ0n) is 18.2. The molecule has 1 spiro atoms. The number of benzene rings is 2. The molecule has 2 aromatic carbocycles. The van der Waals surface area contributed by atoms with Gasteiger partial charge in [0.1, 0.15) is 36.6 Å². The summed E-state index contributed by atoms with van der Waals surface area (Å²) in [4.78, 5) is 0. The van der Waals surface area contributed by atoms with Gasteiger partial charge in [0, 0.05) is 12.8 Å². The monoisotopic (exact) mass is 440 g/mol. The molecule has 3 fully saturated rings. The molecule has 2 saturated carbocycles. The molecule has 6 heteroatoms. The van der Waals surface area contributed by atoms with E-state index in [4.69, 9.17) is 18.9 Å². The molecule has 5 rings (SSSR count). The van der Waals surface area contributed by atoms with Crippen LogP contribution in [0.25, 0.3) is 0 Å². The van der Waals surface area contributed by atoms with Crippen LogP contribution < -0.4 is 0 Å². The first kappa shape index (κ1) is 22.0. The summed E-state index contributed by atoms with van der Waals surface area (Å²) in [5.74, 6) is -0.680. The zero-order chi connectivity index (χ0) is 22.0. The third-order valence-corrected chi connectivity index (χ3v) is 6.88. The van der Waals surface area contributed by atoms with Gasteiger partial charge in [0.15, 0.2) is 5.79 Å². The second-order valence-electron chi connectivity index (χ2n) is 9.14. The largest absolute Gasteiger partial charge is 0.387 e. The second-order valence-corrected chi connectivity index (χ2v) is 9.14. The van der Waals surface area contributed by atoms with Gasteiger partial charge in [-0.2, -0.15) is 0 Å². The summed E-state index contributed by atoms with van der Waals surface area (Å²) in [7, 11) is 0. The number of aliphatic hydroxyl groups is 2. The molecule has 6 nitrogen and oxygen atoms in total. The van der Waals surface area contributed by atoms with Crippen LogP contribution in [0.3, 0.4) is 0 Å². The SMILES string of the molecule is O[C@@H]1[C@H](O)[C@H](OCc2ccccc2)[C@H]2OC3(CCCCC3)O[C@@H]2[C@H]1OCc1ccccc1. The van der Waals surface area contributed by atoms with Gasteiger partial charge in [-0.1, -0.05) is 67.1 Å². The van der Waals surface area contributed by atoms with E-state index in [1.54, 1.807) is 0 Å². The van der Waals surface area contributed by atoms with Crippen molar-refractivity contribution in [3.63, 3.8) is 0 Å². The first-order chi connectivity index (χ1) is 15.7. The fourth-order valence-electron chi connectivity index (χ4n) is 5.19. The predicted molar refractivity (Wildman–Crippen MR) is 118 cm³/mol. The lowest BCUT2D eigenvalue weighted by Gasteiger charge is -2.43. The second kappa shape index (κ2) is 9.59. The Balaban J connectivity index is 1.36. The molecule has 1 saturated heterocycles. The van der Waals surface area contributed by atoms with Crippen molar-refractivity contribution >= 4 is 0 Å². The van der Waals surface area contributed by atoms with Crippen LogP contribution in [0, 0.1) is 0 Å². The lowest BCUT2D eigenvalue weighted by atomic mass is 9.84. The molecule has 2 aliphatic carbocycles. The molecule has 3 aliphatic rings. The lowest BCUT2D eigenvalue weighted by Crippen LogP contribution is -2.63. The van der Waals surface area contributed by atoms with Crippen LogP contribution in [0.15, 0.2) is 60.7 Å². The summed E-state index contributed by atoms with van der Waals surface area (Å²) >= 11 is 0. The van der Waals surface area contributed by atoms with Gasteiger partial charge in [0.25, 0.3) is 0 Å². The number of fused-ring (bicyclic) bond motifs is 1. The summed E-state index contributed by atoms with van der Waals surface area (Å²) in [5, 5.41) is 22.1. The Bertz CT molecular complexity index is 788. The summed E-state index contributed by atoms with van der Waals surface area (Å²) in [6.45, 7) is 0.648. The molecule has 0 unspecified atom stereocenters. The molecule has 1 aliphatic heterocycles. The van der Waals surface area contributed by atoms with E-state index in [1.165, 1.54) is 0 Å². The topological polar surface area (TPSA) is 77.4 Å². The first-order valence-corrected chi connectivity index (χ1v) is 11.7. The van der Waals surface area contributed by atoms with Gasteiger partial charge in [0.05, 0.1) is 13.2 Å². The molecule has 6 atom stereocenters. The Morgan fingerprint density at radius 2 is 1.12 bits per heavy atom. The van der Waals surface area contributed by atoms with Crippen LogP contribution >= 0.6 is 0 Å². The minimum Gasteiger partial charge on any atom is -0.387 e. The number of rotatable bonds is 6. The van der Waals surface area contributed by atoms with E-state index in [1.807, 2.05) is 60.7 Å². The number of hydrogen-bond donors (Lipinski definition) is 2. The van der Waals surface area contributed by atoms with E-state index in [0.717, 1.165) is 43.2 Å². The fourth-order valence-corrected chi connectivity index (χ4v) is 5.19. The van der Waals surface area contributed by atoms with Crippen LogP contribution in [0.2, 0.25) is 0 Å². The van der Waals surface area contributed by atoms with E-state index in [0.29, 0.717) is 13.2 Å². The summed E-state index contributed by atoms with van der Waals surface area (Å²) < 4.78 is 25.3. The Hall–Kier alpha value is -1.80. The molecular weight excluding hydrogens is 408 g/mol. The normalized spacial score (nSPS) is 33.8. The van der Waals surface area contributed by atoms with Crippen molar-refractivity contribution in [2.45, 2.75) is 87.7 Å². The van der Waals surface area contributed by atoms with Crippen LogP contribution in [-0.2, 0) is 32.2 Å². The van der Waals surface area contributed by atoms with Crippen LogP contribution in [-0.4, -0.2) is 52.6 Å². The average Bonchev–Trinajstić information content (AvgIpc) is 3.19. The van der Waals surface area contributed by atoms with E-state index in [-0.39, 0.29) is 0 Å². The summed E-state index contributed by atoms with van der Waals surface area (Å²) in [6.07, 6.45) is 0.174.